The molecule has 0 aliphatic carbocycles. The molecule has 0 spiro atoms. The molecule has 0 fully saturated rings. The average molecular weight is 269 g/mol. The first kappa shape index (κ1) is 13.1. The van der Waals surface area contributed by atoms with Crippen molar-refractivity contribution in [2.75, 3.05) is 19.0 Å². The Morgan fingerprint density at radius 1 is 1.50 bits per heavy atom. The highest BCUT2D eigenvalue weighted by Crippen LogP contribution is 2.21. The van der Waals surface area contributed by atoms with Crippen LogP contribution < -0.4 is 5.32 Å². The molecule has 0 aliphatic heterocycles. The highest BCUT2D eigenvalue weighted by atomic mass is 35.5. The smallest absolute Gasteiger partial charge is 0.177 e. The van der Waals surface area contributed by atoms with E-state index >= 15 is 0 Å². The second-order valence-corrected chi connectivity index (χ2v) is 5.22. The minimum atomic E-state index is -0.256. The van der Waals surface area contributed by atoms with E-state index in [1.54, 1.807) is 23.9 Å². The van der Waals surface area contributed by atoms with Gasteiger partial charge in [-0.15, -0.1) is 0 Å². The van der Waals surface area contributed by atoms with Gasteiger partial charge in [0.2, 0.25) is 0 Å². The molecule has 5 nitrogen and oxygen atoms in total. The second-order valence-electron chi connectivity index (χ2n) is 4.83. The summed E-state index contributed by atoms with van der Waals surface area (Å²) in [6, 6.07) is 1.77. The largest absolute Gasteiger partial charge is 0.379 e. The van der Waals surface area contributed by atoms with E-state index in [1.165, 1.54) is 0 Å². The molecule has 98 valence electrons. The minimum Gasteiger partial charge on any atom is -0.379 e. The molecular formula is C12H17ClN4O. The Hall–Kier alpha value is -1.33. The lowest BCUT2D eigenvalue weighted by atomic mass is 10.1. The number of halogens is 1. The van der Waals surface area contributed by atoms with E-state index < -0.39 is 0 Å². The van der Waals surface area contributed by atoms with Gasteiger partial charge in [0.1, 0.15) is 0 Å². The van der Waals surface area contributed by atoms with Crippen LogP contribution in [0.1, 0.15) is 19.5 Å². The first-order chi connectivity index (χ1) is 8.43. The molecule has 0 unspecified atom stereocenters. The third-order valence-electron chi connectivity index (χ3n) is 2.87. The van der Waals surface area contributed by atoms with Crippen LogP contribution in [0.3, 0.4) is 0 Å². The third kappa shape index (κ3) is 2.57. The number of aryl methyl sites for hydroxylation is 1. The number of rotatable bonds is 4. The van der Waals surface area contributed by atoms with E-state index in [2.05, 4.69) is 15.4 Å². The lowest BCUT2D eigenvalue weighted by molar-refractivity contribution is 0.0344. The lowest BCUT2D eigenvalue weighted by Crippen LogP contribution is -2.32. The molecule has 2 heterocycles. The number of methoxy groups -OCH3 is 1. The van der Waals surface area contributed by atoms with Gasteiger partial charge in [0, 0.05) is 19.7 Å². The van der Waals surface area contributed by atoms with Crippen molar-refractivity contribution in [1.29, 1.82) is 0 Å². The summed E-state index contributed by atoms with van der Waals surface area (Å²) < 4.78 is 7.10. The maximum absolute atomic E-state index is 6.01. The van der Waals surface area contributed by atoms with Crippen LogP contribution in [-0.4, -0.2) is 33.9 Å². The lowest BCUT2D eigenvalue weighted by Gasteiger charge is -2.23. The molecule has 0 radical (unpaired) electrons. The molecule has 2 rings (SSSR count). The quantitative estimate of drug-likeness (QED) is 0.926. The predicted octanol–water partition coefficient (Wildman–Crippen LogP) is 2.53. The van der Waals surface area contributed by atoms with Crippen LogP contribution in [0.4, 0.5) is 5.69 Å². The van der Waals surface area contributed by atoms with Gasteiger partial charge in [-0.25, -0.2) is 9.50 Å². The van der Waals surface area contributed by atoms with Gasteiger partial charge in [-0.3, -0.25) is 0 Å². The Balaban J connectivity index is 2.33. The molecule has 0 atom stereocenters. The van der Waals surface area contributed by atoms with Gasteiger partial charge in [0.25, 0.3) is 0 Å². The number of fused-ring (bicyclic) bond motifs is 1. The van der Waals surface area contributed by atoms with Crippen molar-refractivity contribution in [3.05, 3.63) is 23.1 Å². The number of imidazole rings is 1. The van der Waals surface area contributed by atoms with Crippen LogP contribution in [0.5, 0.6) is 0 Å². The normalized spacial score (nSPS) is 12.1. The fourth-order valence-electron chi connectivity index (χ4n) is 1.56. The summed E-state index contributed by atoms with van der Waals surface area (Å²) in [5.41, 5.74) is 2.31. The van der Waals surface area contributed by atoms with Gasteiger partial charge in [-0.2, -0.15) is 5.10 Å². The van der Waals surface area contributed by atoms with E-state index in [0.29, 0.717) is 11.7 Å². The predicted molar refractivity (Wildman–Crippen MR) is 72.3 cm³/mol. The average Bonchev–Trinajstić information content (AvgIpc) is 2.68. The van der Waals surface area contributed by atoms with Crippen molar-refractivity contribution in [3.8, 4) is 0 Å². The van der Waals surface area contributed by atoms with E-state index in [-0.39, 0.29) is 5.60 Å². The highest BCUT2D eigenvalue weighted by Gasteiger charge is 2.17. The Morgan fingerprint density at radius 3 is 2.89 bits per heavy atom. The van der Waals surface area contributed by atoms with Crippen molar-refractivity contribution in [2.45, 2.75) is 26.4 Å². The molecule has 18 heavy (non-hydrogen) atoms. The molecular weight excluding hydrogens is 252 g/mol. The Morgan fingerprint density at radius 2 is 2.22 bits per heavy atom. The molecule has 0 aromatic carbocycles. The number of ether oxygens (including phenoxy) is 1. The fourth-order valence-corrected chi connectivity index (χ4v) is 1.74. The van der Waals surface area contributed by atoms with E-state index in [0.717, 1.165) is 17.0 Å². The van der Waals surface area contributed by atoms with Crippen LogP contribution >= 0.6 is 11.6 Å². The number of nitrogens with one attached hydrogen (secondary N) is 1. The van der Waals surface area contributed by atoms with Gasteiger partial charge in [0.05, 0.1) is 23.2 Å². The zero-order valence-corrected chi connectivity index (χ0v) is 11.7. The van der Waals surface area contributed by atoms with Crippen LogP contribution in [-0.2, 0) is 4.74 Å². The first-order valence-corrected chi connectivity index (χ1v) is 6.11. The molecule has 0 saturated heterocycles. The Labute approximate surface area is 111 Å². The van der Waals surface area contributed by atoms with Crippen molar-refractivity contribution in [3.63, 3.8) is 0 Å². The third-order valence-corrected chi connectivity index (χ3v) is 3.05. The summed E-state index contributed by atoms with van der Waals surface area (Å²) in [4.78, 5) is 4.32. The van der Waals surface area contributed by atoms with Crippen molar-refractivity contribution >= 4 is 22.9 Å². The second kappa shape index (κ2) is 4.74. The van der Waals surface area contributed by atoms with E-state index in [4.69, 9.17) is 16.3 Å². The summed E-state index contributed by atoms with van der Waals surface area (Å²) >= 11 is 6.01. The summed E-state index contributed by atoms with van der Waals surface area (Å²) in [6.07, 6.45) is 1.77. The molecule has 2 aromatic heterocycles. The van der Waals surface area contributed by atoms with Gasteiger partial charge < -0.3 is 10.1 Å². The van der Waals surface area contributed by atoms with E-state index in [9.17, 15) is 0 Å². The molecule has 1 N–H and O–H groups in total. The number of anilines is 1. The molecule has 2 aromatic rings. The number of nitrogens with zero attached hydrogens (tertiary/aromatic N) is 3. The number of hydrogen-bond acceptors (Lipinski definition) is 4. The fraction of sp³-hybridized carbons (Fsp3) is 0.500. The molecule has 6 heteroatoms. The van der Waals surface area contributed by atoms with Gasteiger partial charge in [-0.05, 0) is 20.8 Å². The van der Waals surface area contributed by atoms with Crippen LogP contribution in [0.25, 0.3) is 5.65 Å². The van der Waals surface area contributed by atoms with E-state index in [1.807, 2.05) is 20.8 Å². The van der Waals surface area contributed by atoms with Crippen LogP contribution in [0.15, 0.2) is 12.3 Å². The first-order valence-electron chi connectivity index (χ1n) is 5.73. The van der Waals surface area contributed by atoms with Gasteiger partial charge >= 0.3 is 0 Å². The Kier molecular flexibility index (Phi) is 3.45. The molecule has 0 saturated carbocycles. The van der Waals surface area contributed by atoms with Crippen LogP contribution in [0.2, 0.25) is 5.15 Å². The summed E-state index contributed by atoms with van der Waals surface area (Å²) in [5.74, 6) is 0. The highest BCUT2D eigenvalue weighted by molar-refractivity contribution is 6.29. The maximum Gasteiger partial charge on any atom is 0.177 e. The molecule has 0 aliphatic rings. The molecule has 0 amide bonds. The monoisotopic (exact) mass is 268 g/mol. The SMILES string of the molecule is COC(C)(C)CNc1cc(Cl)nn2c(C)cnc12. The minimum absolute atomic E-state index is 0.256. The van der Waals surface area contributed by atoms with Gasteiger partial charge in [0.15, 0.2) is 10.8 Å². The summed E-state index contributed by atoms with van der Waals surface area (Å²) in [5, 5.41) is 7.94. The summed E-state index contributed by atoms with van der Waals surface area (Å²) in [7, 11) is 1.69. The topological polar surface area (TPSA) is 51.5 Å². The Bertz CT molecular complexity index is 564. The number of hydrogen-bond donors (Lipinski definition) is 1. The van der Waals surface area contributed by atoms with Gasteiger partial charge in [-0.1, -0.05) is 11.6 Å². The maximum atomic E-state index is 6.01. The van der Waals surface area contributed by atoms with Crippen molar-refractivity contribution in [1.82, 2.24) is 14.6 Å². The summed E-state index contributed by atoms with van der Waals surface area (Å²) in [6.45, 7) is 6.62. The van der Waals surface area contributed by atoms with Crippen LogP contribution in [0, 0.1) is 6.92 Å². The van der Waals surface area contributed by atoms with Crippen molar-refractivity contribution < 1.29 is 4.74 Å². The zero-order valence-electron chi connectivity index (χ0n) is 11.0. The standard InChI is InChI=1S/C12H17ClN4O/c1-8-6-14-11-9(5-10(13)16-17(8)11)15-7-12(2,3)18-4/h5-6,15H,7H2,1-4H3. The molecule has 0 bridgehead atoms. The number of aromatic nitrogens is 3. The van der Waals surface area contributed by atoms with Crippen molar-refractivity contribution in [2.24, 2.45) is 0 Å². The zero-order chi connectivity index (χ0) is 13.3.